The van der Waals surface area contributed by atoms with Crippen LogP contribution in [-0.4, -0.2) is 62.1 Å². The van der Waals surface area contributed by atoms with Crippen molar-refractivity contribution < 1.29 is 0 Å². The summed E-state index contributed by atoms with van der Waals surface area (Å²) in [5.74, 6) is 2.09. The third-order valence-corrected chi connectivity index (χ3v) is 3.91. The van der Waals surface area contributed by atoms with Gasteiger partial charge in [-0.25, -0.2) is 0 Å². The minimum absolute atomic E-state index is 0. The lowest BCUT2D eigenvalue weighted by Crippen LogP contribution is -2.38. The Balaban J connectivity index is 0.00000361. The van der Waals surface area contributed by atoms with Gasteiger partial charge in [-0.15, -0.1) is 24.0 Å². The number of aliphatic imine (C=N–C) groups is 1. The van der Waals surface area contributed by atoms with Gasteiger partial charge in [-0.2, -0.15) is 11.8 Å². The van der Waals surface area contributed by atoms with Crippen LogP contribution in [0.4, 0.5) is 0 Å². The lowest BCUT2D eigenvalue weighted by atomic mass is 10.3. The second-order valence-electron chi connectivity index (χ2n) is 4.94. The Hall–Kier alpha value is 0.310. The lowest BCUT2D eigenvalue weighted by Gasteiger charge is -2.14. The number of hydrogen-bond donors (Lipinski definition) is 2. The molecule has 0 aromatic heterocycles. The van der Waals surface area contributed by atoms with E-state index in [1.165, 1.54) is 45.3 Å². The van der Waals surface area contributed by atoms with E-state index in [4.69, 9.17) is 0 Å². The first kappa shape index (κ1) is 20.3. The minimum atomic E-state index is 0. The minimum Gasteiger partial charge on any atom is -0.357 e. The van der Waals surface area contributed by atoms with Gasteiger partial charge >= 0.3 is 0 Å². The summed E-state index contributed by atoms with van der Waals surface area (Å²) in [5.41, 5.74) is 0. The summed E-state index contributed by atoms with van der Waals surface area (Å²) < 4.78 is 0. The molecular formula is C14H31IN4S. The summed E-state index contributed by atoms with van der Waals surface area (Å²) in [6.07, 6.45) is 7.37. The number of guanidine groups is 1. The average Bonchev–Trinajstić information content (AvgIpc) is 2.91. The fraction of sp³-hybridized carbons (Fsp3) is 0.929. The first-order chi connectivity index (χ1) is 9.36. The van der Waals surface area contributed by atoms with E-state index in [-0.39, 0.29) is 24.0 Å². The molecule has 4 nitrogen and oxygen atoms in total. The molecule has 1 aliphatic rings. The predicted molar refractivity (Wildman–Crippen MR) is 103 cm³/mol. The topological polar surface area (TPSA) is 39.7 Å². The standard InChI is InChI=1S/C14H30N4S.HI/c1-3-15-14(17-9-13-19-2)16-8-4-5-10-18-11-6-7-12-18;/h3-13H2,1-2H3,(H2,15,16,17);1H. The number of thioether (sulfide) groups is 1. The molecule has 0 atom stereocenters. The maximum Gasteiger partial charge on any atom is 0.191 e. The fourth-order valence-corrected chi connectivity index (χ4v) is 2.56. The molecule has 0 aromatic carbocycles. The van der Waals surface area contributed by atoms with Gasteiger partial charge in [0.1, 0.15) is 0 Å². The van der Waals surface area contributed by atoms with Crippen molar-refractivity contribution in [2.45, 2.75) is 32.6 Å². The van der Waals surface area contributed by atoms with Crippen LogP contribution in [0.15, 0.2) is 4.99 Å². The zero-order valence-corrected chi connectivity index (χ0v) is 16.1. The van der Waals surface area contributed by atoms with Crippen molar-refractivity contribution in [2.75, 3.05) is 51.3 Å². The van der Waals surface area contributed by atoms with Crippen molar-refractivity contribution in [2.24, 2.45) is 4.99 Å². The van der Waals surface area contributed by atoms with Gasteiger partial charge in [0.05, 0.1) is 0 Å². The van der Waals surface area contributed by atoms with E-state index in [1.54, 1.807) is 0 Å². The van der Waals surface area contributed by atoms with Crippen LogP contribution < -0.4 is 10.6 Å². The third kappa shape index (κ3) is 10.1. The molecule has 120 valence electrons. The molecule has 1 heterocycles. The molecule has 0 spiro atoms. The van der Waals surface area contributed by atoms with E-state index in [0.717, 1.165) is 31.3 Å². The Labute approximate surface area is 145 Å². The Kier molecular flexibility index (Phi) is 14.5. The van der Waals surface area contributed by atoms with Crippen LogP contribution in [0.1, 0.15) is 32.6 Å². The van der Waals surface area contributed by atoms with E-state index >= 15 is 0 Å². The first-order valence-electron chi connectivity index (χ1n) is 7.60. The highest BCUT2D eigenvalue weighted by Crippen LogP contribution is 2.08. The maximum atomic E-state index is 4.62. The summed E-state index contributed by atoms with van der Waals surface area (Å²) in [6.45, 7) is 8.83. The normalized spacial score (nSPS) is 16.0. The third-order valence-electron chi connectivity index (χ3n) is 3.29. The molecule has 6 heteroatoms. The van der Waals surface area contributed by atoms with Crippen molar-refractivity contribution >= 4 is 41.7 Å². The zero-order valence-electron chi connectivity index (χ0n) is 13.0. The van der Waals surface area contributed by atoms with Crippen LogP contribution in [-0.2, 0) is 0 Å². The fourth-order valence-electron chi connectivity index (χ4n) is 2.26. The quantitative estimate of drug-likeness (QED) is 0.263. The largest absolute Gasteiger partial charge is 0.357 e. The molecule has 0 bridgehead atoms. The molecule has 0 saturated carbocycles. The summed E-state index contributed by atoms with van der Waals surface area (Å²) in [5, 5.41) is 6.65. The van der Waals surface area contributed by atoms with Crippen LogP contribution >= 0.6 is 35.7 Å². The number of nitrogens with zero attached hydrogens (tertiary/aromatic N) is 2. The Morgan fingerprint density at radius 3 is 2.60 bits per heavy atom. The molecular weight excluding hydrogens is 383 g/mol. The Morgan fingerprint density at radius 2 is 1.95 bits per heavy atom. The van der Waals surface area contributed by atoms with Gasteiger partial charge < -0.3 is 15.5 Å². The van der Waals surface area contributed by atoms with Crippen LogP contribution in [0.25, 0.3) is 0 Å². The highest BCUT2D eigenvalue weighted by Gasteiger charge is 2.09. The second kappa shape index (κ2) is 14.3. The van der Waals surface area contributed by atoms with E-state index in [0.29, 0.717) is 0 Å². The molecule has 2 N–H and O–H groups in total. The smallest absolute Gasteiger partial charge is 0.191 e. The van der Waals surface area contributed by atoms with Gasteiger partial charge in [0, 0.05) is 25.4 Å². The van der Waals surface area contributed by atoms with Gasteiger partial charge in [-0.3, -0.25) is 4.99 Å². The monoisotopic (exact) mass is 414 g/mol. The van der Waals surface area contributed by atoms with E-state index in [1.807, 2.05) is 11.8 Å². The number of rotatable bonds is 9. The van der Waals surface area contributed by atoms with Crippen molar-refractivity contribution in [3.8, 4) is 0 Å². The molecule has 1 fully saturated rings. The van der Waals surface area contributed by atoms with Crippen molar-refractivity contribution in [3.05, 3.63) is 0 Å². The number of likely N-dealkylation sites (tertiary alicyclic amines) is 1. The summed E-state index contributed by atoms with van der Waals surface area (Å²) in [6, 6.07) is 0. The SMILES string of the molecule is CCNC(=NCCCCN1CCCC1)NCCSC.I. The zero-order chi connectivity index (χ0) is 13.8. The van der Waals surface area contributed by atoms with Crippen molar-refractivity contribution in [1.29, 1.82) is 0 Å². The summed E-state index contributed by atoms with van der Waals surface area (Å²) in [4.78, 5) is 7.19. The average molecular weight is 414 g/mol. The van der Waals surface area contributed by atoms with Crippen molar-refractivity contribution in [3.63, 3.8) is 0 Å². The molecule has 0 aliphatic carbocycles. The van der Waals surface area contributed by atoms with E-state index in [9.17, 15) is 0 Å². The van der Waals surface area contributed by atoms with E-state index < -0.39 is 0 Å². The highest BCUT2D eigenvalue weighted by molar-refractivity contribution is 14.0. The van der Waals surface area contributed by atoms with Gasteiger partial charge in [0.15, 0.2) is 5.96 Å². The van der Waals surface area contributed by atoms with Crippen LogP contribution in [0.5, 0.6) is 0 Å². The van der Waals surface area contributed by atoms with Gasteiger partial charge in [0.25, 0.3) is 0 Å². The molecule has 0 radical (unpaired) electrons. The first-order valence-corrected chi connectivity index (χ1v) is 8.99. The Bertz CT molecular complexity index is 245. The highest BCUT2D eigenvalue weighted by atomic mass is 127. The second-order valence-corrected chi connectivity index (χ2v) is 5.92. The van der Waals surface area contributed by atoms with Crippen molar-refractivity contribution in [1.82, 2.24) is 15.5 Å². The molecule has 1 aliphatic heterocycles. The Morgan fingerprint density at radius 1 is 1.20 bits per heavy atom. The molecule has 0 amide bonds. The van der Waals surface area contributed by atoms with Gasteiger partial charge in [-0.05, 0) is 58.5 Å². The molecule has 1 rings (SSSR count). The number of nitrogens with one attached hydrogen (secondary N) is 2. The number of unbranched alkanes of at least 4 members (excludes halogenated alkanes) is 1. The number of halogens is 1. The molecule has 1 saturated heterocycles. The van der Waals surface area contributed by atoms with Crippen LogP contribution in [0.3, 0.4) is 0 Å². The van der Waals surface area contributed by atoms with E-state index in [2.05, 4.69) is 33.7 Å². The summed E-state index contributed by atoms with van der Waals surface area (Å²) >= 11 is 1.86. The molecule has 0 aromatic rings. The molecule has 0 unspecified atom stereocenters. The number of hydrogen-bond acceptors (Lipinski definition) is 3. The van der Waals surface area contributed by atoms with Gasteiger partial charge in [-0.1, -0.05) is 0 Å². The predicted octanol–water partition coefficient (Wildman–Crippen LogP) is 2.40. The maximum absolute atomic E-state index is 4.62. The van der Waals surface area contributed by atoms with Gasteiger partial charge in [0.2, 0.25) is 0 Å². The summed E-state index contributed by atoms with van der Waals surface area (Å²) in [7, 11) is 0. The van der Waals surface area contributed by atoms with Crippen LogP contribution in [0.2, 0.25) is 0 Å². The lowest BCUT2D eigenvalue weighted by molar-refractivity contribution is 0.331. The molecule has 20 heavy (non-hydrogen) atoms. The van der Waals surface area contributed by atoms with Crippen LogP contribution in [0, 0.1) is 0 Å².